The lowest BCUT2D eigenvalue weighted by molar-refractivity contribution is -0.116. The number of nitrogens with zero attached hydrogens (tertiary/aromatic N) is 1. The van der Waals surface area contributed by atoms with Gasteiger partial charge >= 0.3 is 0 Å². The highest BCUT2D eigenvalue weighted by Crippen LogP contribution is 2.29. The second kappa shape index (κ2) is 9.15. The molecule has 1 saturated heterocycles. The van der Waals surface area contributed by atoms with Crippen molar-refractivity contribution in [2.45, 2.75) is 38.0 Å². The van der Waals surface area contributed by atoms with Crippen molar-refractivity contribution in [1.82, 2.24) is 4.31 Å². The Balaban J connectivity index is 1.62. The largest absolute Gasteiger partial charge is 0.493 e. The van der Waals surface area contributed by atoms with E-state index in [0.29, 0.717) is 18.8 Å². The molecule has 0 saturated carbocycles. The van der Waals surface area contributed by atoms with E-state index in [2.05, 4.69) is 5.32 Å². The number of hydrogen-bond acceptors (Lipinski definition) is 4. The van der Waals surface area contributed by atoms with Gasteiger partial charge in [0.05, 0.1) is 18.1 Å². The van der Waals surface area contributed by atoms with Crippen molar-refractivity contribution in [3.8, 4) is 5.75 Å². The summed E-state index contributed by atoms with van der Waals surface area (Å²) in [4.78, 5) is 12.3. The average molecular weight is 437 g/mol. The van der Waals surface area contributed by atoms with Gasteiger partial charge in [-0.1, -0.05) is 23.7 Å². The fraction of sp³-hybridized carbons (Fsp3) is 0.381. The predicted octanol–water partition coefficient (Wildman–Crippen LogP) is 4.15. The zero-order valence-corrected chi connectivity index (χ0v) is 18.1. The summed E-state index contributed by atoms with van der Waals surface area (Å²) in [6, 6.07) is 10.3. The smallest absolute Gasteiger partial charge is 0.244 e. The lowest BCUT2D eigenvalue weighted by Gasteiger charge is -2.17. The van der Waals surface area contributed by atoms with Gasteiger partial charge in [-0.3, -0.25) is 4.79 Å². The van der Waals surface area contributed by atoms with E-state index in [4.69, 9.17) is 16.3 Å². The van der Waals surface area contributed by atoms with Crippen LogP contribution in [-0.4, -0.2) is 38.3 Å². The summed E-state index contributed by atoms with van der Waals surface area (Å²) >= 11 is 6.14. The minimum atomic E-state index is -3.66. The molecule has 2 aromatic carbocycles. The first-order valence-electron chi connectivity index (χ1n) is 9.57. The second-order valence-electron chi connectivity index (χ2n) is 7.10. The quantitative estimate of drug-likeness (QED) is 0.707. The number of ether oxygens (including phenoxy) is 1. The van der Waals surface area contributed by atoms with Gasteiger partial charge in [-0.25, -0.2) is 8.42 Å². The van der Waals surface area contributed by atoms with Crippen LogP contribution in [0.25, 0.3) is 0 Å². The zero-order valence-electron chi connectivity index (χ0n) is 16.6. The molecule has 1 aliphatic heterocycles. The molecule has 0 atom stereocenters. The minimum absolute atomic E-state index is 0.0190. The summed E-state index contributed by atoms with van der Waals surface area (Å²) in [5.74, 6) is 0.491. The molecule has 6 nitrogen and oxygen atoms in total. The van der Waals surface area contributed by atoms with Crippen molar-refractivity contribution in [1.29, 1.82) is 0 Å². The normalized spacial score (nSPS) is 14.7. The lowest BCUT2D eigenvalue weighted by Crippen LogP contribution is -2.28. The number of anilines is 1. The second-order valence-corrected chi connectivity index (χ2v) is 9.41. The van der Waals surface area contributed by atoms with Crippen molar-refractivity contribution in [3.63, 3.8) is 0 Å². The molecule has 2 aromatic rings. The van der Waals surface area contributed by atoms with E-state index in [9.17, 15) is 13.2 Å². The van der Waals surface area contributed by atoms with E-state index in [1.54, 1.807) is 6.07 Å². The molecule has 0 aromatic heterocycles. The number of carbonyl (C=O) groups excluding carboxylic acids is 1. The molecule has 1 amide bonds. The first kappa shape index (κ1) is 21.6. The van der Waals surface area contributed by atoms with Gasteiger partial charge in [0.15, 0.2) is 0 Å². The van der Waals surface area contributed by atoms with E-state index in [1.807, 2.05) is 32.0 Å². The monoisotopic (exact) mass is 436 g/mol. The number of benzene rings is 2. The van der Waals surface area contributed by atoms with Crippen LogP contribution in [0, 0.1) is 13.8 Å². The Morgan fingerprint density at radius 3 is 2.62 bits per heavy atom. The van der Waals surface area contributed by atoms with Crippen LogP contribution in [0.4, 0.5) is 5.69 Å². The number of rotatable bonds is 7. The maximum atomic E-state index is 12.8. The number of amides is 1. The predicted molar refractivity (Wildman–Crippen MR) is 114 cm³/mol. The van der Waals surface area contributed by atoms with Crippen molar-refractivity contribution in [2.24, 2.45) is 0 Å². The summed E-state index contributed by atoms with van der Waals surface area (Å²) in [5, 5.41) is 2.87. The fourth-order valence-corrected chi connectivity index (χ4v) is 5.22. The molecule has 1 heterocycles. The molecule has 1 N–H and O–H groups in total. The third-order valence-corrected chi connectivity index (χ3v) is 7.42. The average Bonchev–Trinajstić information content (AvgIpc) is 3.22. The van der Waals surface area contributed by atoms with Gasteiger partial charge in [0.1, 0.15) is 10.6 Å². The summed E-state index contributed by atoms with van der Waals surface area (Å²) in [6.07, 6.45) is 1.82. The van der Waals surface area contributed by atoms with Gasteiger partial charge < -0.3 is 10.1 Å². The molecule has 0 aliphatic carbocycles. The van der Waals surface area contributed by atoms with E-state index in [1.165, 1.54) is 16.4 Å². The Morgan fingerprint density at radius 2 is 1.90 bits per heavy atom. The fourth-order valence-electron chi connectivity index (χ4n) is 3.20. The van der Waals surface area contributed by atoms with E-state index in [-0.39, 0.29) is 28.9 Å². The Kier molecular flexibility index (Phi) is 6.82. The lowest BCUT2D eigenvalue weighted by atomic mass is 10.1. The van der Waals surface area contributed by atoms with Crippen molar-refractivity contribution in [2.75, 3.05) is 25.0 Å². The number of halogens is 1. The Labute approximate surface area is 176 Å². The summed E-state index contributed by atoms with van der Waals surface area (Å²) in [7, 11) is -3.66. The number of hydrogen-bond donors (Lipinski definition) is 1. The Hall–Kier alpha value is -2.09. The highest BCUT2D eigenvalue weighted by molar-refractivity contribution is 7.89. The molecule has 1 fully saturated rings. The maximum absolute atomic E-state index is 12.8. The molecule has 0 unspecified atom stereocenters. The summed E-state index contributed by atoms with van der Waals surface area (Å²) in [5.41, 5.74) is 2.56. The highest BCUT2D eigenvalue weighted by atomic mass is 35.5. The van der Waals surface area contributed by atoms with E-state index < -0.39 is 10.0 Å². The topological polar surface area (TPSA) is 75.7 Å². The van der Waals surface area contributed by atoms with Gasteiger partial charge in [-0.05, 0) is 62.1 Å². The maximum Gasteiger partial charge on any atom is 0.244 e. The van der Waals surface area contributed by atoms with Gasteiger partial charge in [-0.15, -0.1) is 0 Å². The van der Waals surface area contributed by atoms with Crippen LogP contribution < -0.4 is 10.1 Å². The summed E-state index contributed by atoms with van der Waals surface area (Å²) in [6.45, 7) is 5.18. The first-order valence-corrected chi connectivity index (χ1v) is 11.4. The van der Waals surface area contributed by atoms with Crippen LogP contribution in [0.3, 0.4) is 0 Å². The zero-order chi connectivity index (χ0) is 21.0. The van der Waals surface area contributed by atoms with Gasteiger partial charge in [0.25, 0.3) is 0 Å². The van der Waals surface area contributed by atoms with Crippen LogP contribution in [0.5, 0.6) is 5.75 Å². The SMILES string of the molecule is Cc1cccc(OCCC(=O)Nc2ccc(Cl)c(S(=O)(=O)N3CCCC3)c2)c1C. The van der Waals surface area contributed by atoms with Crippen molar-refractivity contribution < 1.29 is 17.9 Å². The number of aryl methyl sites for hydroxylation is 1. The van der Waals surface area contributed by atoms with Crippen molar-refractivity contribution >= 4 is 33.2 Å². The van der Waals surface area contributed by atoms with Gasteiger partial charge in [0.2, 0.25) is 15.9 Å². The molecular formula is C21H25ClN2O4S. The highest BCUT2D eigenvalue weighted by Gasteiger charge is 2.29. The number of carbonyl (C=O) groups is 1. The van der Waals surface area contributed by atoms with Crippen molar-refractivity contribution in [3.05, 3.63) is 52.5 Å². The molecule has 0 bridgehead atoms. The number of sulfonamides is 1. The molecule has 1 aliphatic rings. The Bertz CT molecular complexity index is 1000. The number of nitrogens with one attached hydrogen (secondary N) is 1. The van der Waals surface area contributed by atoms with Crippen LogP contribution in [0.15, 0.2) is 41.3 Å². The van der Waals surface area contributed by atoms with Crippen LogP contribution in [0.1, 0.15) is 30.4 Å². The van der Waals surface area contributed by atoms with E-state index >= 15 is 0 Å². The van der Waals surface area contributed by atoms with Crippen LogP contribution in [0.2, 0.25) is 5.02 Å². The van der Waals surface area contributed by atoms with Crippen LogP contribution in [-0.2, 0) is 14.8 Å². The molecule has 0 spiro atoms. The van der Waals surface area contributed by atoms with E-state index in [0.717, 1.165) is 29.7 Å². The molecule has 8 heteroatoms. The Morgan fingerprint density at radius 1 is 1.17 bits per heavy atom. The minimum Gasteiger partial charge on any atom is -0.493 e. The third kappa shape index (κ3) is 5.10. The molecule has 29 heavy (non-hydrogen) atoms. The van der Waals surface area contributed by atoms with Crippen LogP contribution >= 0.6 is 11.6 Å². The molecule has 156 valence electrons. The molecule has 0 radical (unpaired) electrons. The summed E-state index contributed by atoms with van der Waals surface area (Å²) < 4.78 is 32.7. The first-order chi connectivity index (χ1) is 13.8. The molecule has 3 rings (SSSR count). The van der Waals surface area contributed by atoms with Gasteiger partial charge in [-0.2, -0.15) is 4.31 Å². The van der Waals surface area contributed by atoms with Gasteiger partial charge in [0, 0.05) is 18.8 Å². The molecular weight excluding hydrogens is 412 g/mol. The standard InChI is InChI=1S/C21H25ClN2O4S/c1-15-6-5-7-19(16(15)2)28-13-10-21(25)23-17-8-9-18(22)20(14-17)29(26,27)24-11-3-4-12-24/h5-9,14H,3-4,10-13H2,1-2H3,(H,23,25). The third-order valence-electron chi connectivity index (χ3n) is 5.04.